The van der Waals surface area contributed by atoms with Crippen molar-refractivity contribution in [3.63, 3.8) is 0 Å². The maximum absolute atomic E-state index is 5.85. The summed E-state index contributed by atoms with van der Waals surface area (Å²) in [5.41, 5.74) is 0.959. The van der Waals surface area contributed by atoms with Gasteiger partial charge in [-0.05, 0) is 32.4 Å². The first kappa shape index (κ1) is 13.7. The van der Waals surface area contributed by atoms with E-state index in [0.29, 0.717) is 0 Å². The molecular weight excluding hydrogens is 270 g/mol. The summed E-state index contributed by atoms with van der Waals surface area (Å²) < 4.78 is 5.85. The molecule has 0 saturated carbocycles. The molecule has 1 aliphatic heterocycles. The van der Waals surface area contributed by atoms with Gasteiger partial charge in [0.05, 0.1) is 6.04 Å². The lowest BCUT2D eigenvalue weighted by molar-refractivity contribution is 0.0161. The van der Waals surface area contributed by atoms with Crippen LogP contribution in [0.5, 0.6) is 0 Å². The predicted octanol–water partition coefficient (Wildman–Crippen LogP) is 2.87. The summed E-state index contributed by atoms with van der Waals surface area (Å²) in [6.45, 7) is 2.93. The average Bonchev–Trinajstić information content (AvgIpc) is 3.11. The van der Waals surface area contributed by atoms with Crippen molar-refractivity contribution < 1.29 is 4.74 Å². The van der Waals surface area contributed by atoms with Gasteiger partial charge in [0.1, 0.15) is 15.6 Å². The topological polar surface area (TPSA) is 47.0 Å². The van der Waals surface area contributed by atoms with Crippen LogP contribution in [0.2, 0.25) is 0 Å². The molecule has 2 atom stereocenters. The standard InChI is InChI=1S/C15H19N3OS/c1-15(9-6-10-19-15)14-18-17-13(20-14)12(16-2)11-7-4-3-5-8-11/h3-5,7-8,12,16H,6,9-10H2,1-2H3. The molecule has 2 aromatic rings. The van der Waals surface area contributed by atoms with Crippen molar-refractivity contribution in [1.82, 2.24) is 15.5 Å². The van der Waals surface area contributed by atoms with Gasteiger partial charge < -0.3 is 10.1 Å². The van der Waals surface area contributed by atoms with Gasteiger partial charge in [0.2, 0.25) is 0 Å². The third kappa shape index (κ3) is 2.49. The zero-order valence-corrected chi connectivity index (χ0v) is 12.6. The summed E-state index contributed by atoms with van der Waals surface area (Å²) in [5, 5.41) is 14.0. The molecule has 1 fully saturated rings. The number of aromatic nitrogens is 2. The van der Waals surface area contributed by atoms with Crippen LogP contribution in [-0.2, 0) is 10.3 Å². The second-order valence-corrected chi connectivity index (χ2v) is 6.27. The Hall–Kier alpha value is -1.30. The van der Waals surface area contributed by atoms with Crippen LogP contribution in [0.1, 0.15) is 41.4 Å². The van der Waals surface area contributed by atoms with Crippen LogP contribution in [0.15, 0.2) is 30.3 Å². The molecule has 2 heterocycles. The van der Waals surface area contributed by atoms with E-state index in [4.69, 9.17) is 4.74 Å². The van der Waals surface area contributed by atoms with Crippen molar-refractivity contribution in [2.75, 3.05) is 13.7 Å². The number of benzene rings is 1. The Morgan fingerprint density at radius 3 is 2.75 bits per heavy atom. The van der Waals surface area contributed by atoms with Crippen LogP contribution in [-0.4, -0.2) is 23.9 Å². The Kier molecular flexibility index (Phi) is 3.83. The van der Waals surface area contributed by atoms with Gasteiger partial charge >= 0.3 is 0 Å². The van der Waals surface area contributed by atoms with E-state index < -0.39 is 0 Å². The van der Waals surface area contributed by atoms with Gasteiger partial charge in [-0.1, -0.05) is 41.7 Å². The van der Waals surface area contributed by atoms with E-state index in [9.17, 15) is 0 Å². The van der Waals surface area contributed by atoms with E-state index in [1.165, 1.54) is 5.56 Å². The SMILES string of the molecule is CNC(c1ccccc1)c1nnc(C2(C)CCCO2)s1. The van der Waals surface area contributed by atoms with E-state index in [-0.39, 0.29) is 11.6 Å². The van der Waals surface area contributed by atoms with E-state index in [0.717, 1.165) is 29.5 Å². The highest BCUT2D eigenvalue weighted by atomic mass is 32.1. The smallest absolute Gasteiger partial charge is 0.149 e. The normalized spacial score (nSPS) is 23.9. The first-order chi connectivity index (χ1) is 9.73. The van der Waals surface area contributed by atoms with Crippen LogP contribution in [0.25, 0.3) is 0 Å². The summed E-state index contributed by atoms with van der Waals surface area (Å²) in [5.74, 6) is 0. The van der Waals surface area contributed by atoms with Gasteiger partial charge in [-0.25, -0.2) is 0 Å². The average molecular weight is 289 g/mol. The fraction of sp³-hybridized carbons (Fsp3) is 0.467. The number of hydrogen-bond donors (Lipinski definition) is 1. The number of rotatable bonds is 4. The molecule has 5 heteroatoms. The van der Waals surface area contributed by atoms with Crippen molar-refractivity contribution in [2.24, 2.45) is 0 Å². The molecular formula is C15H19N3OS. The summed E-state index contributed by atoms with van der Waals surface area (Å²) in [4.78, 5) is 0. The first-order valence-corrected chi connectivity index (χ1v) is 7.75. The fourth-order valence-corrected chi connectivity index (χ4v) is 3.70. The van der Waals surface area contributed by atoms with Gasteiger partial charge in [-0.15, -0.1) is 10.2 Å². The largest absolute Gasteiger partial charge is 0.368 e. The molecule has 1 N–H and O–H groups in total. The number of hydrogen-bond acceptors (Lipinski definition) is 5. The van der Waals surface area contributed by atoms with Gasteiger partial charge in [0.25, 0.3) is 0 Å². The Labute approximate surface area is 123 Å². The summed E-state index contributed by atoms with van der Waals surface area (Å²) in [6, 6.07) is 10.4. The zero-order valence-electron chi connectivity index (χ0n) is 11.8. The van der Waals surface area contributed by atoms with Crippen molar-refractivity contribution in [2.45, 2.75) is 31.4 Å². The summed E-state index contributed by atoms with van der Waals surface area (Å²) >= 11 is 1.65. The third-order valence-electron chi connectivity index (χ3n) is 3.78. The molecule has 1 saturated heterocycles. The maximum atomic E-state index is 5.85. The van der Waals surface area contributed by atoms with Crippen LogP contribution < -0.4 is 5.32 Å². The molecule has 20 heavy (non-hydrogen) atoms. The second kappa shape index (κ2) is 5.60. The molecule has 0 amide bonds. The van der Waals surface area contributed by atoms with E-state index in [1.54, 1.807) is 11.3 Å². The molecule has 1 aromatic carbocycles. The molecule has 1 aromatic heterocycles. The predicted molar refractivity (Wildman–Crippen MR) is 79.8 cm³/mol. The Bertz CT molecular complexity index is 564. The minimum absolute atomic E-state index is 0.0902. The molecule has 3 rings (SSSR count). The highest BCUT2D eigenvalue weighted by molar-refractivity contribution is 7.11. The van der Waals surface area contributed by atoms with Gasteiger partial charge in [-0.2, -0.15) is 0 Å². The Balaban J connectivity index is 1.89. The van der Waals surface area contributed by atoms with Crippen LogP contribution in [0.4, 0.5) is 0 Å². The Morgan fingerprint density at radius 1 is 1.30 bits per heavy atom. The lowest BCUT2D eigenvalue weighted by atomic mass is 10.0. The van der Waals surface area contributed by atoms with Crippen molar-refractivity contribution in [1.29, 1.82) is 0 Å². The highest BCUT2D eigenvalue weighted by Gasteiger charge is 2.36. The molecule has 0 spiro atoms. The number of nitrogens with zero attached hydrogens (tertiary/aromatic N) is 2. The van der Waals surface area contributed by atoms with Gasteiger partial charge in [-0.3, -0.25) is 0 Å². The van der Waals surface area contributed by atoms with E-state index in [1.807, 2.05) is 25.2 Å². The first-order valence-electron chi connectivity index (χ1n) is 6.93. The Morgan fingerprint density at radius 2 is 2.10 bits per heavy atom. The third-order valence-corrected chi connectivity index (χ3v) is 5.01. The van der Waals surface area contributed by atoms with Gasteiger partial charge in [0, 0.05) is 6.61 Å². The quantitative estimate of drug-likeness (QED) is 0.940. The van der Waals surface area contributed by atoms with E-state index >= 15 is 0 Å². The molecule has 1 aliphatic rings. The second-order valence-electron chi connectivity index (χ2n) is 5.26. The lowest BCUT2D eigenvalue weighted by Gasteiger charge is -2.19. The number of nitrogens with one attached hydrogen (secondary N) is 1. The lowest BCUT2D eigenvalue weighted by Crippen LogP contribution is -2.19. The van der Waals surface area contributed by atoms with Crippen LogP contribution >= 0.6 is 11.3 Å². The minimum atomic E-state index is -0.245. The molecule has 0 aliphatic carbocycles. The minimum Gasteiger partial charge on any atom is -0.368 e. The molecule has 0 bridgehead atoms. The van der Waals surface area contributed by atoms with Gasteiger partial charge in [0.15, 0.2) is 0 Å². The molecule has 106 valence electrons. The monoisotopic (exact) mass is 289 g/mol. The van der Waals surface area contributed by atoms with Crippen LogP contribution in [0.3, 0.4) is 0 Å². The molecule has 2 unspecified atom stereocenters. The summed E-state index contributed by atoms with van der Waals surface area (Å²) in [7, 11) is 1.95. The van der Waals surface area contributed by atoms with Crippen molar-refractivity contribution in [3.8, 4) is 0 Å². The van der Waals surface area contributed by atoms with E-state index in [2.05, 4.69) is 34.6 Å². The van der Waals surface area contributed by atoms with Crippen molar-refractivity contribution >= 4 is 11.3 Å². The maximum Gasteiger partial charge on any atom is 0.149 e. The zero-order chi connectivity index (χ0) is 14.0. The molecule has 0 radical (unpaired) electrons. The summed E-state index contributed by atoms with van der Waals surface area (Å²) in [6.07, 6.45) is 2.12. The van der Waals surface area contributed by atoms with Crippen molar-refractivity contribution in [3.05, 3.63) is 45.9 Å². The number of ether oxygens (including phenoxy) is 1. The van der Waals surface area contributed by atoms with Crippen LogP contribution in [0, 0.1) is 0 Å². The molecule has 4 nitrogen and oxygen atoms in total. The fourth-order valence-electron chi connectivity index (χ4n) is 2.59. The highest BCUT2D eigenvalue weighted by Crippen LogP contribution is 2.38.